The summed E-state index contributed by atoms with van der Waals surface area (Å²) < 4.78 is 0. The molecule has 156 valence electrons. The van der Waals surface area contributed by atoms with Gasteiger partial charge in [0.1, 0.15) is 5.75 Å². The zero-order valence-corrected chi connectivity index (χ0v) is 17.6. The number of phenolic OH excluding ortho intramolecular Hbond substituents is 1. The molecule has 0 amide bonds. The van der Waals surface area contributed by atoms with Crippen LogP contribution in [0.4, 0.5) is 5.69 Å². The predicted octanol–water partition coefficient (Wildman–Crippen LogP) is 5.29. The highest BCUT2D eigenvalue weighted by atomic mass is 16.4. The van der Waals surface area contributed by atoms with Crippen LogP contribution in [-0.2, 0) is 6.42 Å². The number of anilines is 1. The van der Waals surface area contributed by atoms with Crippen LogP contribution in [0.1, 0.15) is 78.3 Å². The van der Waals surface area contributed by atoms with Gasteiger partial charge in [0.2, 0.25) is 0 Å². The minimum absolute atomic E-state index is 0.0861. The Kier molecular flexibility index (Phi) is 8.25. The van der Waals surface area contributed by atoms with Crippen LogP contribution in [-0.4, -0.2) is 35.1 Å². The quantitative estimate of drug-likeness (QED) is 0.398. The molecule has 0 bridgehead atoms. The van der Waals surface area contributed by atoms with E-state index < -0.39 is 5.97 Å². The third kappa shape index (κ3) is 5.37. The second-order valence-corrected chi connectivity index (χ2v) is 7.15. The third-order valence-electron chi connectivity index (χ3n) is 5.29. The lowest BCUT2D eigenvalue weighted by atomic mass is 9.90. The summed E-state index contributed by atoms with van der Waals surface area (Å²) in [6, 6.07) is 9.83. The van der Waals surface area contributed by atoms with Gasteiger partial charge in [0.05, 0.1) is 11.1 Å². The fraction of sp³-hybridized carbons (Fsp3) is 0.417. The van der Waals surface area contributed by atoms with Crippen LogP contribution in [0, 0.1) is 0 Å². The van der Waals surface area contributed by atoms with E-state index in [-0.39, 0.29) is 22.7 Å². The Labute approximate surface area is 173 Å². The standard InChI is InChI=1S/C24H31NO4/c1-4-7-8-9-11-18-19(12-10-13-20(18)24(28)29)23(27)21-15-14-17(16-22(21)26)25(5-2)6-3/h10,12-16,26H,4-9,11H2,1-3H3,(H,28,29). The summed E-state index contributed by atoms with van der Waals surface area (Å²) in [6.45, 7) is 7.77. The van der Waals surface area contributed by atoms with Crippen molar-refractivity contribution in [2.24, 2.45) is 0 Å². The van der Waals surface area contributed by atoms with E-state index >= 15 is 0 Å². The molecule has 0 aliphatic carbocycles. The van der Waals surface area contributed by atoms with Crippen molar-refractivity contribution in [2.45, 2.75) is 52.9 Å². The number of phenols is 1. The molecular weight excluding hydrogens is 366 g/mol. The monoisotopic (exact) mass is 397 g/mol. The van der Waals surface area contributed by atoms with Gasteiger partial charge in [0, 0.05) is 30.4 Å². The maximum atomic E-state index is 13.2. The van der Waals surface area contributed by atoms with Gasteiger partial charge in [-0.25, -0.2) is 4.79 Å². The number of carbonyl (C=O) groups excluding carboxylic acids is 1. The second kappa shape index (κ2) is 10.6. The number of hydrogen-bond acceptors (Lipinski definition) is 4. The molecule has 0 spiro atoms. The average Bonchev–Trinajstić information content (AvgIpc) is 2.71. The molecular formula is C24H31NO4. The van der Waals surface area contributed by atoms with Crippen LogP contribution in [0.15, 0.2) is 36.4 Å². The number of ketones is 1. The molecule has 2 N–H and O–H groups in total. The molecule has 0 atom stereocenters. The summed E-state index contributed by atoms with van der Waals surface area (Å²) in [5.41, 5.74) is 2.11. The first kappa shape index (κ1) is 22.5. The molecule has 0 aromatic heterocycles. The zero-order valence-electron chi connectivity index (χ0n) is 17.6. The maximum Gasteiger partial charge on any atom is 0.335 e. The van der Waals surface area contributed by atoms with E-state index in [4.69, 9.17) is 0 Å². The minimum atomic E-state index is -1.04. The van der Waals surface area contributed by atoms with E-state index in [9.17, 15) is 19.8 Å². The molecule has 2 aromatic carbocycles. The van der Waals surface area contributed by atoms with Gasteiger partial charge in [-0.05, 0) is 50.5 Å². The highest BCUT2D eigenvalue weighted by molar-refractivity contribution is 6.13. The number of carboxylic acids is 1. The topological polar surface area (TPSA) is 77.8 Å². The zero-order chi connectivity index (χ0) is 21.4. The summed E-state index contributed by atoms with van der Waals surface area (Å²) in [7, 11) is 0. The smallest absolute Gasteiger partial charge is 0.335 e. The van der Waals surface area contributed by atoms with Crippen LogP contribution >= 0.6 is 0 Å². The first-order valence-corrected chi connectivity index (χ1v) is 10.4. The van der Waals surface area contributed by atoms with Gasteiger partial charge in [-0.1, -0.05) is 38.3 Å². The number of aromatic carboxylic acids is 1. The molecule has 0 aliphatic rings. The van der Waals surface area contributed by atoms with Gasteiger partial charge in [-0.3, -0.25) is 4.79 Å². The Bertz CT molecular complexity index is 856. The molecule has 29 heavy (non-hydrogen) atoms. The fourth-order valence-electron chi connectivity index (χ4n) is 3.64. The van der Waals surface area contributed by atoms with Gasteiger partial charge in [0.25, 0.3) is 0 Å². The van der Waals surface area contributed by atoms with Crippen LogP contribution in [0.2, 0.25) is 0 Å². The van der Waals surface area contributed by atoms with Crippen LogP contribution < -0.4 is 4.90 Å². The molecule has 0 heterocycles. The lowest BCUT2D eigenvalue weighted by Crippen LogP contribution is -2.21. The van der Waals surface area contributed by atoms with Crippen LogP contribution in [0.25, 0.3) is 0 Å². The summed E-state index contributed by atoms with van der Waals surface area (Å²) in [5, 5.41) is 20.1. The van der Waals surface area contributed by atoms with E-state index in [2.05, 4.69) is 11.8 Å². The Morgan fingerprint density at radius 3 is 2.17 bits per heavy atom. The minimum Gasteiger partial charge on any atom is -0.507 e. The van der Waals surface area contributed by atoms with Crippen molar-refractivity contribution in [2.75, 3.05) is 18.0 Å². The van der Waals surface area contributed by atoms with Gasteiger partial charge in [0.15, 0.2) is 5.78 Å². The number of rotatable bonds is 11. The number of unbranched alkanes of at least 4 members (excludes halogenated alkanes) is 3. The third-order valence-corrected chi connectivity index (χ3v) is 5.29. The predicted molar refractivity (Wildman–Crippen MR) is 116 cm³/mol. The van der Waals surface area contributed by atoms with Crippen LogP contribution in [0.3, 0.4) is 0 Å². The number of aromatic hydroxyl groups is 1. The molecule has 0 aliphatic heterocycles. The SMILES string of the molecule is CCCCCCc1c(C(=O)O)cccc1C(=O)c1ccc(N(CC)CC)cc1O. The van der Waals surface area contributed by atoms with Gasteiger partial charge >= 0.3 is 5.97 Å². The van der Waals surface area contributed by atoms with Crippen molar-refractivity contribution < 1.29 is 19.8 Å². The molecule has 2 rings (SSSR count). The number of nitrogens with zero attached hydrogens (tertiary/aromatic N) is 1. The highest BCUT2D eigenvalue weighted by Crippen LogP contribution is 2.29. The molecule has 5 nitrogen and oxygen atoms in total. The number of carbonyl (C=O) groups is 2. The van der Waals surface area contributed by atoms with Crippen molar-refractivity contribution in [1.82, 2.24) is 0 Å². The van der Waals surface area contributed by atoms with E-state index in [0.717, 1.165) is 44.5 Å². The van der Waals surface area contributed by atoms with E-state index in [1.807, 2.05) is 19.9 Å². The molecule has 0 saturated heterocycles. The molecule has 0 unspecified atom stereocenters. The van der Waals surface area contributed by atoms with Crippen LogP contribution in [0.5, 0.6) is 5.75 Å². The summed E-state index contributed by atoms with van der Waals surface area (Å²) in [6.07, 6.45) is 4.50. The van der Waals surface area contributed by atoms with E-state index in [1.54, 1.807) is 24.3 Å². The maximum absolute atomic E-state index is 13.2. The average molecular weight is 398 g/mol. The fourth-order valence-corrected chi connectivity index (χ4v) is 3.64. The molecule has 2 aromatic rings. The largest absolute Gasteiger partial charge is 0.507 e. The molecule has 0 radical (unpaired) electrons. The summed E-state index contributed by atoms with van der Waals surface area (Å²) in [5.74, 6) is -1.47. The summed E-state index contributed by atoms with van der Waals surface area (Å²) in [4.78, 5) is 27.0. The Hall–Kier alpha value is -2.82. The number of benzene rings is 2. The lowest BCUT2D eigenvalue weighted by molar-refractivity contribution is 0.0695. The normalized spacial score (nSPS) is 10.7. The van der Waals surface area contributed by atoms with Gasteiger partial charge < -0.3 is 15.1 Å². The molecule has 0 saturated carbocycles. The lowest BCUT2D eigenvalue weighted by Gasteiger charge is -2.21. The van der Waals surface area contributed by atoms with Crippen molar-refractivity contribution >= 4 is 17.4 Å². The first-order chi connectivity index (χ1) is 13.9. The Morgan fingerprint density at radius 1 is 0.897 bits per heavy atom. The van der Waals surface area contributed by atoms with Gasteiger partial charge in [-0.15, -0.1) is 0 Å². The second-order valence-electron chi connectivity index (χ2n) is 7.15. The number of carboxylic acid groups (broad SMARTS) is 1. The van der Waals surface area contributed by atoms with Gasteiger partial charge in [-0.2, -0.15) is 0 Å². The van der Waals surface area contributed by atoms with E-state index in [0.29, 0.717) is 17.5 Å². The first-order valence-electron chi connectivity index (χ1n) is 10.4. The van der Waals surface area contributed by atoms with Crippen molar-refractivity contribution in [3.63, 3.8) is 0 Å². The Morgan fingerprint density at radius 2 is 1.59 bits per heavy atom. The molecule has 0 fully saturated rings. The number of hydrogen-bond donors (Lipinski definition) is 2. The summed E-state index contributed by atoms with van der Waals surface area (Å²) >= 11 is 0. The van der Waals surface area contributed by atoms with E-state index in [1.165, 1.54) is 6.07 Å². The molecule has 5 heteroatoms. The van der Waals surface area contributed by atoms with Crippen molar-refractivity contribution in [3.8, 4) is 5.75 Å². The highest BCUT2D eigenvalue weighted by Gasteiger charge is 2.22. The van der Waals surface area contributed by atoms with Crippen molar-refractivity contribution in [3.05, 3.63) is 58.7 Å². The van der Waals surface area contributed by atoms with Crippen molar-refractivity contribution in [1.29, 1.82) is 0 Å². The Balaban J connectivity index is 2.41.